The van der Waals surface area contributed by atoms with Crippen molar-refractivity contribution in [3.8, 4) is 0 Å². The molecule has 0 saturated heterocycles. The van der Waals surface area contributed by atoms with E-state index in [-0.39, 0.29) is 17.8 Å². The van der Waals surface area contributed by atoms with E-state index in [0.29, 0.717) is 25.0 Å². The second-order valence-electron chi connectivity index (χ2n) is 6.19. The van der Waals surface area contributed by atoms with Gasteiger partial charge in [-0.2, -0.15) is 4.40 Å². The van der Waals surface area contributed by atoms with Gasteiger partial charge in [0.05, 0.1) is 17.8 Å². The number of carbonyl (C=O) groups is 1. The molecular formula is C14H22N4O7S3. The Morgan fingerprint density at radius 1 is 1.29 bits per heavy atom. The normalized spacial score (nSPS) is 22.7. The van der Waals surface area contributed by atoms with Crippen molar-refractivity contribution in [3.05, 3.63) is 23.9 Å². The summed E-state index contributed by atoms with van der Waals surface area (Å²) in [6.45, 7) is 1.95. The van der Waals surface area contributed by atoms with E-state index in [0.717, 1.165) is 23.8 Å². The van der Waals surface area contributed by atoms with Crippen LogP contribution < -0.4 is 15.1 Å². The summed E-state index contributed by atoms with van der Waals surface area (Å²) in [5.74, 6) is -1.26. The maximum atomic E-state index is 13.5. The summed E-state index contributed by atoms with van der Waals surface area (Å²) in [5, 5.41) is 16.4. The number of carbonyl (C=O) groups excluding carboxylic acids is 1. The molecule has 5 N–H and O–H groups in total. The Balaban J connectivity index is 2.62. The zero-order valence-corrected chi connectivity index (χ0v) is 17.4. The molecule has 0 fully saturated rings. The number of hydrogen-bond acceptors (Lipinski definition) is 10. The van der Waals surface area contributed by atoms with E-state index in [1.165, 1.54) is 17.6 Å². The highest BCUT2D eigenvalue weighted by Gasteiger charge is 2.63. The Kier molecular flexibility index (Phi) is 7.27. The highest BCUT2D eigenvalue weighted by molar-refractivity contribution is 8.11. The molecule has 1 aliphatic carbocycles. The van der Waals surface area contributed by atoms with E-state index in [2.05, 4.69) is 9.12 Å². The first-order chi connectivity index (χ1) is 13.2. The number of sulfone groups is 1. The minimum absolute atomic E-state index is 0.115. The van der Waals surface area contributed by atoms with Crippen LogP contribution in [0.5, 0.6) is 0 Å². The van der Waals surface area contributed by atoms with Gasteiger partial charge >= 0.3 is 0 Å². The number of fused-ring (bicyclic) bond motifs is 1. The molecule has 2 atom stereocenters. The molecule has 2 unspecified atom stereocenters. The van der Waals surface area contributed by atoms with Crippen LogP contribution in [0.25, 0.3) is 0 Å². The number of sulfonamides is 1. The van der Waals surface area contributed by atoms with Crippen molar-refractivity contribution in [2.75, 3.05) is 0 Å². The van der Waals surface area contributed by atoms with Crippen LogP contribution in [0.4, 0.5) is 0 Å². The number of hydrogen-bond donors (Lipinski definition) is 5. The molecule has 1 aliphatic heterocycles. The predicted molar refractivity (Wildman–Crippen MR) is 103 cm³/mol. The summed E-state index contributed by atoms with van der Waals surface area (Å²) in [6, 6.07) is 0. The summed E-state index contributed by atoms with van der Waals surface area (Å²) in [6.07, 6.45) is 5.85. The Hall–Kier alpha value is -1.45. The van der Waals surface area contributed by atoms with Gasteiger partial charge in [-0.1, -0.05) is 43.6 Å². The molecule has 1 amide bonds. The number of allylic oxidation sites excluding steroid dienone is 3. The van der Waals surface area contributed by atoms with E-state index in [1.54, 1.807) is 0 Å². The molecule has 0 bridgehead atoms. The monoisotopic (exact) mass is 454 g/mol. The standard InChI is InChI=1S/C14H22N4O7S3/c1-2-3-4-5-8-11(13(19)15-20)27(22,23)14(28(24,25)18-21)9-6-7-10-12(14)17-26-16-10/h6-7,9,11,16,18,20-21H,2-5,8H2,1H3,(H,15,19). The first-order valence-electron chi connectivity index (χ1n) is 8.42. The highest BCUT2D eigenvalue weighted by Crippen LogP contribution is 2.40. The lowest BCUT2D eigenvalue weighted by atomic mass is 10.1. The van der Waals surface area contributed by atoms with Crippen LogP contribution in [0, 0.1) is 0 Å². The van der Waals surface area contributed by atoms with Crippen molar-refractivity contribution in [1.82, 2.24) is 15.1 Å². The van der Waals surface area contributed by atoms with Crippen LogP contribution in [0.15, 0.2) is 28.3 Å². The zero-order chi connectivity index (χ0) is 21.0. The largest absolute Gasteiger partial charge is 0.309 e. The molecule has 0 saturated carbocycles. The first kappa shape index (κ1) is 22.8. The second kappa shape index (κ2) is 8.92. The minimum atomic E-state index is -4.97. The molecule has 28 heavy (non-hydrogen) atoms. The van der Waals surface area contributed by atoms with Gasteiger partial charge in [0, 0.05) is 0 Å². The first-order valence-corrected chi connectivity index (χ1v) is 12.2. The molecule has 11 nitrogen and oxygen atoms in total. The van der Waals surface area contributed by atoms with E-state index in [4.69, 9.17) is 5.21 Å². The smallest absolute Gasteiger partial charge is 0.263 e. The van der Waals surface area contributed by atoms with Crippen molar-refractivity contribution < 1.29 is 32.0 Å². The van der Waals surface area contributed by atoms with Gasteiger partial charge in [0.25, 0.3) is 20.0 Å². The summed E-state index contributed by atoms with van der Waals surface area (Å²) >= 11 is 0.716. The van der Waals surface area contributed by atoms with Gasteiger partial charge < -0.3 is 9.93 Å². The summed E-state index contributed by atoms with van der Waals surface area (Å²) in [5.41, 5.74) is 1.03. The molecule has 1 heterocycles. The Labute approximate surface area is 167 Å². The van der Waals surface area contributed by atoms with Crippen molar-refractivity contribution in [3.63, 3.8) is 0 Å². The van der Waals surface area contributed by atoms with E-state index < -0.39 is 35.1 Å². The molecular weight excluding hydrogens is 432 g/mol. The number of amides is 1. The Morgan fingerprint density at radius 3 is 2.61 bits per heavy atom. The third-order valence-corrected chi connectivity index (χ3v) is 10.2. The van der Waals surface area contributed by atoms with Gasteiger partial charge in [0.2, 0.25) is 0 Å². The minimum Gasteiger partial charge on any atom is -0.309 e. The molecule has 0 aromatic carbocycles. The molecule has 2 aliphatic rings. The molecule has 0 aromatic heterocycles. The van der Waals surface area contributed by atoms with Gasteiger partial charge in [-0.25, -0.2) is 22.3 Å². The van der Waals surface area contributed by atoms with Crippen LogP contribution in [-0.4, -0.2) is 48.2 Å². The van der Waals surface area contributed by atoms with Gasteiger partial charge in [-0.05, 0) is 18.6 Å². The van der Waals surface area contributed by atoms with Crippen molar-refractivity contribution >= 4 is 43.6 Å². The number of nitrogens with zero attached hydrogens (tertiary/aromatic N) is 1. The van der Waals surface area contributed by atoms with Gasteiger partial charge in [-0.3, -0.25) is 10.0 Å². The lowest BCUT2D eigenvalue weighted by molar-refractivity contribution is -0.128. The lowest BCUT2D eigenvalue weighted by Crippen LogP contribution is -2.61. The summed E-state index contributed by atoms with van der Waals surface area (Å²) in [4.78, 5) is 13.3. The predicted octanol–water partition coefficient (Wildman–Crippen LogP) is 0.312. The van der Waals surface area contributed by atoms with Crippen molar-refractivity contribution in [2.45, 2.75) is 48.4 Å². The fourth-order valence-corrected chi connectivity index (χ4v) is 8.24. The van der Waals surface area contributed by atoms with Crippen LogP contribution >= 0.6 is 12.1 Å². The average Bonchev–Trinajstić information content (AvgIpc) is 3.15. The van der Waals surface area contributed by atoms with Crippen molar-refractivity contribution in [2.24, 2.45) is 4.40 Å². The third kappa shape index (κ3) is 3.71. The van der Waals surface area contributed by atoms with Crippen LogP contribution in [0.3, 0.4) is 0 Å². The molecule has 0 radical (unpaired) electrons. The highest BCUT2D eigenvalue weighted by atomic mass is 32.3. The summed E-state index contributed by atoms with van der Waals surface area (Å²) in [7, 11) is -9.88. The molecule has 2 rings (SSSR count). The Bertz CT molecular complexity index is 911. The average molecular weight is 455 g/mol. The van der Waals surface area contributed by atoms with Crippen LogP contribution in [-0.2, 0) is 24.7 Å². The van der Waals surface area contributed by atoms with Crippen molar-refractivity contribution in [1.29, 1.82) is 0 Å². The van der Waals surface area contributed by atoms with Crippen LogP contribution in [0.1, 0.15) is 39.0 Å². The zero-order valence-electron chi connectivity index (χ0n) is 15.0. The number of unbranched alkanes of at least 4 members (excludes halogenated alkanes) is 3. The topological polar surface area (TPSA) is 174 Å². The van der Waals surface area contributed by atoms with Gasteiger partial charge in [0.15, 0.2) is 9.84 Å². The number of rotatable bonds is 10. The molecule has 0 aromatic rings. The second-order valence-corrected chi connectivity index (χ2v) is 11.2. The third-order valence-electron chi connectivity index (χ3n) is 4.50. The van der Waals surface area contributed by atoms with Gasteiger partial charge in [0.1, 0.15) is 11.0 Å². The summed E-state index contributed by atoms with van der Waals surface area (Å²) < 4.78 is 56.2. The number of nitrogens with one attached hydrogen (secondary N) is 3. The van der Waals surface area contributed by atoms with E-state index in [9.17, 15) is 26.8 Å². The van der Waals surface area contributed by atoms with E-state index >= 15 is 0 Å². The lowest BCUT2D eigenvalue weighted by Gasteiger charge is -2.33. The molecule has 14 heteroatoms. The fraction of sp³-hybridized carbons (Fsp3) is 0.571. The molecule has 0 spiro atoms. The maximum Gasteiger partial charge on any atom is 0.263 e. The molecule has 158 valence electrons. The SMILES string of the molecule is CCCCCCC(C(=O)NO)S(=O)(=O)C1(S(=O)(=O)NO)C=CC=C2NSN=C21. The van der Waals surface area contributed by atoms with Gasteiger partial charge in [-0.15, -0.1) is 0 Å². The Morgan fingerprint density at radius 2 is 2.00 bits per heavy atom. The quantitative estimate of drug-likeness (QED) is 0.135. The number of hydroxylamine groups is 1. The fourth-order valence-electron chi connectivity index (χ4n) is 3.06. The van der Waals surface area contributed by atoms with E-state index in [1.807, 2.05) is 6.92 Å². The maximum absolute atomic E-state index is 13.5. The van der Waals surface area contributed by atoms with Crippen LogP contribution in [0.2, 0.25) is 0 Å².